The Morgan fingerprint density at radius 2 is 2.12 bits per heavy atom. The number of halogens is 2. The van der Waals surface area contributed by atoms with Gasteiger partial charge in [0.15, 0.2) is 0 Å². The first kappa shape index (κ1) is 12.1. The van der Waals surface area contributed by atoms with Crippen molar-refractivity contribution in [3.05, 3.63) is 50.6 Å². The van der Waals surface area contributed by atoms with E-state index in [0.29, 0.717) is 6.61 Å². The maximum absolute atomic E-state index is 5.73. The third-order valence-corrected chi connectivity index (χ3v) is 4.22. The summed E-state index contributed by atoms with van der Waals surface area (Å²) >= 11 is 8.64. The van der Waals surface area contributed by atoms with Crippen molar-refractivity contribution in [2.75, 3.05) is 0 Å². The number of benzene rings is 1. The Morgan fingerprint density at radius 1 is 1.25 bits per heavy atom. The fourth-order valence-electron chi connectivity index (χ4n) is 1.29. The van der Waals surface area contributed by atoms with Crippen LogP contribution in [-0.4, -0.2) is 0 Å². The smallest absolute Gasteiger partial charge is 0.134 e. The lowest BCUT2D eigenvalue weighted by Crippen LogP contribution is -1.94. The minimum absolute atomic E-state index is 0.629. The van der Waals surface area contributed by atoms with E-state index in [4.69, 9.17) is 4.74 Å². The van der Waals surface area contributed by atoms with Gasteiger partial charge in [-0.3, -0.25) is 0 Å². The molecule has 0 radical (unpaired) electrons. The van der Waals surface area contributed by atoms with Gasteiger partial charge in [0.25, 0.3) is 0 Å². The van der Waals surface area contributed by atoms with Crippen LogP contribution >= 0.6 is 43.2 Å². The van der Waals surface area contributed by atoms with E-state index < -0.39 is 0 Å². The van der Waals surface area contributed by atoms with Gasteiger partial charge in [-0.2, -0.15) is 0 Å². The topological polar surface area (TPSA) is 9.23 Å². The lowest BCUT2D eigenvalue weighted by molar-refractivity contribution is 0.308. The summed E-state index contributed by atoms with van der Waals surface area (Å²) in [6.45, 7) is 0.629. The van der Waals surface area contributed by atoms with Gasteiger partial charge in [-0.25, -0.2) is 0 Å². The van der Waals surface area contributed by atoms with E-state index in [0.717, 1.165) is 15.6 Å². The molecule has 1 aromatic heterocycles. The number of alkyl halides is 1. The zero-order valence-electron chi connectivity index (χ0n) is 8.45. The van der Waals surface area contributed by atoms with Crippen molar-refractivity contribution >= 4 is 43.2 Å². The molecule has 4 heteroatoms. The molecule has 2 rings (SSSR count). The molecule has 0 bridgehead atoms. The normalized spacial score (nSPS) is 10.4. The molecule has 1 heterocycles. The molecule has 0 amide bonds. The van der Waals surface area contributed by atoms with E-state index >= 15 is 0 Å². The van der Waals surface area contributed by atoms with Crippen molar-refractivity contribution in [1.29, 1.82) is 0 Å². The first-order valence-electron chi connectivity index (χ1n) is 4.79. The third kappa shape index (κ3) is 3.09. The average molecular weight is 362 g/mol. The lowest BCUT2D eigenvalue weighted by atomic mass is 10.2. The van der Waals surface area contributed by atoms with Crippen LogP contribution in [0.15, 0.2) is 40.2 Å². The molecule has 0 spiro atoms. The van der Waals surface area contributed by atoms with Gasteiger partial charge in [0.2, 0.25) is 0 Å². The average Bonchev–Trinajstić information content (AvgIpc) is 2.80. The number of hydrogen-bond donors (Lipinski definition) is 0. The van der Waals surface area contributed by atoms with Crippen molar-refractivity contribution < 1.29 is 4.74 Å². The van der Waals surface area contributed by atoms with Gasteiger partial charge >= 0.3 is 0 Å². The number of ether oxygens (including phenoxy) is 1. The zero-order valence-corrected chi connectivity index (χ0v) is 12.4. The third-order valence-electron chi connectivity index (χ3n) is 2.10. The molecule has 0 saturated heterocycles. The van der Waals surface area contributed by atoms with Crippen LogP contribution in [0.5, 0.6) is 5.75 Å². The minimum Gasteiger partial charge on any atom is -0.487 e. The van der Waals surface area contributed by atoms with Gasteiger partial charge in [0.1, 0.15) is 12.4 Å². The first-order valence-corrected chi connectivity index (χ1v) is 7.58. The highest BCUT2D eigenvalue weighted by atomic mass is 79.9. The van der Waals surface area contributed by atoms with Crippen molar-refractivity contribution in [2.45, 2.75) is 11.9 Å². The summed E-state index contributed by atoms with van der Waals surface area (Å²) in [7, 11) is 0. The minimum atomic E-state index is 0.629. The summed E-state index contributed by atoms with van der Waals surface area (Å²) in [5, 5.41) is 2.92. The summed E-state index contributed by atoms with van der Waals surface area (Å²) in [4.78, 5) is 1.23. The Labute approximate surface area is 116 Å². The van der Waals surface area contributed by atoms with Gasteiger partial charge in [-0.15, -0.1) is 11.3 Å². The van der Waals surface area contributed by atoms with Gasteiger partial charge in [-0.05, 0) is 45.1 Å². The van der Waals surface area contributed by atoms with Crippen LogP contribution in [0, 0.1) is 0 Å². The molecule has 0 atom stereocenters. The molecule has 0 fully saturated rings. The molecule has 1 nitrogen and oxygen atoms in total. The Kier molecular flexibility index (Phi) is 4.44. The van der Waals surface area contributed by atoms with Crippen LogP contribution in [0.2, 0.25) is 0 Å². The fraction of sp³-hybridized carbons (Fsp3) is 0.167. The van der Waals surface area contributed by atoms with E-state index in [9.17, 15) is 0 Å². The second kappa shape index (κ2) is 5.84. The molecule has 1 aromatic carbocycles. The maximum Gasteiger partial charge on any atom is 0.134 e. The van der Waals surface area contributed by atoms with Crippen LogP contribution in [0.4, 0.5) is 0 Å². The number of rotatable bonds is 4. The summed E-state index contributed by atoms with van der Waals surface area (Å²) in [5.41, 5.74) is 1.23. The van der Waals surface area contributed by atoms with Crippen LogP contribution in [0.25, 0.3) is 0 Å². The Hall–Kier alpha value is -0.320. The van der Waals surface area contributed by atoms with Crippen molar-refractivity contribution in [2.24, 2.45) is 0 Å². The van der Waals surface area contributed by atoms with Crippen molar-refractivity contribution in [3.63, 3.8) is 0 Å². The Morgan fingerprint density at radius 3 is 2.75 bits per heavy atom. The van der Waals surface area contributed by atoms with Crippen LogP contribution in [0.3, 0.4) is 0 Å². The first-order chi connectivity index (χ1) is 7.79. The second-order valence-electron chi connectivity index (χ2n) is 3.27. The van der Waals surface area contributed by atoms with Gasteiger partial charge in [0.05, 0.1) is 4.47 Å². The monoisotopic (exact) mass is 360 g/mol. The standard InChI is InChI=1S/C12H10Br2OS/c13-7-9-3-4-12(11(14)6-9)15-8-10-2-1-5-16-10/h1-6H,7-8H2. The molecule has 0 aliphatic rings. The predicted octanol–water partition coefficient (Wildman–Crippen LogP) is 4.98. The molecule has 84 valence electrons. The summed E-state index contributed by atoms with van der Waals surface area (Å²) in [6.07, 6.45) is 0. The molecular weight excluding hydrogens is 352 g/mol. The molecule has 0 N–H and O–H groups in total. The molecule has 0 aliphatic carbocycles. The largest absolute Gasteiger partial charge is 0.487 e. The van der Waals surface area contributed by atoms with Crippen LogP contribution < -0.4 is 4.74 Å². The number of thiophene rings is 1. The highest BCUT2D eigenvalue weighted by Gasteiger charge is 2.03. The summed E-state index contributed by atoms with van der Waals surface area (Å²) in [5.74, 6) is 0.887. The maximum atomic E-state index is 5.73. The van der Waals surface area contributed by atoms with E-state index in [2.05, 4.69) is 55.4 Å². The van der Waals surface area contributed by atoms with E-state index in [-0.39, 0.29) is 0 Å². The highest BCUT2D eigenvalue weighted by molar-refractivity contribution is 9.10. The van der Waals surface area contributed by atoms with E-state index in [1.807, 2.05) is 12.1 Å². The second-order valence-corrected chi connectivity index (χ2v) is 5.71. The van der Waals surface area contributed by atoms with Crippen molar-refractivity contribution in [3.8, 4) is 5.75 Å². The summed E-state index contributed by atoms with van der Waals surface area (Å²) < 4.78 is 6.73. The predicted molar refractivity (Wildman–Crippen MR) is 75.4 cm³/mol. The van der Waals surface area contributed by atoms with Crippen LogP contribution in [-0.2, 0) is 11.9 Å². The van der Waals surface area contributed by atoms with E-state index in [1.165, 1.54) is 10.4 Å². The number of hydrogen-bond acceptors (Lipinski definition) is 2. The quantitative estimate of drug-likeness (QED) is 0.697. The lowest BCUT2D eigenvalue weighted by Gasteiger charge is -2.07. The molecule has 0 saturated carbocycles. The van der Waals surface area contributed by atoms with E-state index in [1.54, 1.807) is 11.3 Å². The molecule has 16 heavy (non-hydrogen) atoms. The van der Waals surface area contributed by atoms with Gasteiger partial charge in [-0.1, -0.05) is 28.1 Å². The molecular formula is C12H10Br2OS. The van der Waals surface area contributed by atoms with Crippen LogP contribution in [0.1, 0.15) is 10.4 Å². The molecule has 0 aliphatic heterocycles. The summed E-state index contributed by atoms with van der Waals surface area (Å²) in [6, 6.07) is 10.2. The Balaban J connectivity index is 2.04. The molecule has 0 unspecified atom stereocenters. The zero-order chi connectivity index (χ0) is 11.4. The fourth-order valence-corrected chi connectivity index (χ4v) is 2.79. The highest BCUT2D eigenvalue weighted by Crippen LogP contribution is 2.27. The Bertz CT molecular complexity index is 454. The SMILES string of the molecule is BrCc1ccc(OCc2cccs2)c(Br)c1. The van der Waals surface area contributed by atoms with Crippen molar-refractivity contribution in [1.82, 2.24) is 0 Å². The van der Waals surface area contributed by atoms with Gasteiger partial charge < -0.3 is 4.74 Å². The van der Waals surface area contributed by atoms with Gasteiger partial charge in [0, 0.05) is 10.2 Å². The molecule has 2 aromatic rings.